The topological polar surface area (TPSA) is 104 Å². The molecule has 0 aromatic carbocycles. The first-order chi connectivity index (χ1) is 11.7. The van der Waals surface area contributed by atoms with Gasteiger partial charge in [0.1, 0.15) is 5.60 Å². The Morgan fingerprint density at radius 1 is 1.08 bits per heavy atom. The summed E-state index contributed by atoms with van der Waals surface area (Å²) in [6, 6.07) is 0.182. The maximum absolute atomic E-state index is 11.7. The van der Waals surface area contributed by atoms with E-state index >= 15 is 0 Å². The molecule has 1 atom stereocenters. The largest absolute Gasteiger partial charge is 0.444 e. The van der Waals surface area contributed by atoms with Crippen LogP contribution in [0.4, 0.5) is 4.79 Å². The van der Waals surface area contributed by atoms with Crippen LogP contribution in [0.15, 0.2) is 4.99 Å². The Kier molecular flexibility index (Phi) is 11.4. The van der Waals surface area contributed by atoms with E-state index in [-0.39, 0.29) is 11.9 Å². The van der Waals surface area contributed by atoms with E-state index in [9.17, 15) is 9.59 Å². The highest BCUT2D eigenvalue weighted by Gasteiger charge is 2.15. The number of amides is 2. The molecule has 0 rings (SSSR count). The maximum atomic E-state index is 11.7. The summed E-state index contributed by atoms with van der Waals surface area (Å²) < 4.78 is 5.16. The number of guanidine groups is 1. The minimum atomic E-state index is -0.510. The molecular weight excluding hydrogens is 322 g/mol. The molecule has 0 aliphatic carbocycles. The number of alkyl carbamates (subject to hydrolysis) is 1. The Morgan fingerprint density at radius 2 is 1.72 bits per heavy atom. The van der Waals surface area contributed by atoms with Crippen molar-refractivity contribution in [1.29, 1.82) is 0 Å². The van der Waals surface area contributed by atoms with Gasteiger partial charge in [0, 0.05) is 32.1 Å². The Morgan fingerprint density at radius 3 is 2.28 bits per heavy atom. The quantitative estimate of drug-likeness (QED) is 0.283. The standard InChI is InChI=1S/C17H35N5O3/c1-7-13(3)22-14(23)9-10-19-15(18-8-2)20-11-12-21-16(24)25-17(4,5)6/h13H,7-12H2,1-6H3,(H,21,24)(H,22,23)(H2,18,19,20). The van der Waals surface area contributed by atoms with Gasteiger partial charge in [0.05, 0.1) is 6.54 Å². The second kappa shape index (κ2) is 12.4. The third-order valence-corrected chi connectivity index (χ3v) is 3.06. The van der Waals surface area contributed by atoms with Crippen molar-refractivity contribution in [1.82, 2.24) is 21.3 Å². The average Bonchev–Trinajstić information content (AvgIpc) is 2.49. The van der Waals surface area contributed by atoms with Crippen molar-refractivity contribution in [3.63, 3.8) is 0 Å². The summed E-state index contributed by atoms with van der Waals surface area (Å²) in [4.78, 5) is 27.6. The first kappa shape index (κ1) is 23.0. The van der Waals surface area contributed by atoms with Crippen LogP contribution < -0.4 is 21.3 Å². The van der Waals surface area contributed by atoms with E-state index in [1.54, 1.807) is 0 Å². The van der Waals surface area contributed by atoms with Crippen LogP contribution in [0, 0.1) is 0 Å². The van der Waals surface area contributed by atoms with E-state index in [1.165, 1.54) is 0 Å². The first-order valence-electron chi connectivity index (χ1n) is 8.96. The second-order valence-electron chi connectivity index (χ2n) is 6.74. The van der Waals surface area contributed by atoms with Crippen LogP contribution in [0.3, 0.4) is 0 Å². The normalized spacial score (nSPS) is 13.0. The number of nitrogens with one attached hydrogen (secondary N) is 4. The van der Waals surface area contributed by atoms with E-state index in [4.69, 9.17) is 4.74 Å². The number of rotatable bonds is 9. The van der Waals surface area contributed by atoms with E-state index in [2.05, 4.69) is 26.3 Å². The van der Waals surface area contributed by atoms with E-state index in [1.807, 2.05) is 41.5 Å². The predicted molar refractivity (Wildman–Crippen MR) is 101 cm³/mol. The molecule has 0 heterocycles. The molecule has 146 valence electrons. The van der Waals surface area contributed by atoms with Crippen LogP contribution in [-0.4, -0.2) is 55.8 Å². The lowest BCUT2D eigenvalue weighted by atomic mass is 10.2. The number of nitrogens with zero attached hydrogens (tertiary/aromatic N) is 1. The monoisotopic (exact) mass is 357 g/mol. The molecule has 8 heteroatoms. The van der Waals surface area contributed by atoms with E-state index in [0.717, 1.165) is 6.42 Å². The Balaban J connectivity index is 4.12. The van der Waals surface area contributed by atoms with Crippen molar-refractivity contribution in [2.45, 2.75) is 66.0 Å². The zero-order chi connectivity index (χ0) is 19.3. The summed E-state index contributed by atoms with van der Waals surface area (Å²) in [5.41, 5.74) is -0.510. The van der Waals surface area contributed by atoms with Crippen molar-refractivity contribution in [2.24, 2.45) is 4.99 Å². The summed E-state index contributed by atoms with van der Waals surface area (Å²) >= 11 is 0. The van der Waals surface area contributed by atoms with Crippen LogP contribution in [-0.2, 0) is 9.53 Å². The zero-order valence-electron chi connectivity index (χ0n) is 16.5. The molecule has 2 amide bonds. The molecule has 0 radical (unpaired) electrons. The van der Waals surface area contributed by atoms with Gasteiger partial charge in [0.15, 0.2) is 5.96 Å². The van der Waals surface area contributed by atoms with Crippen molar-refractivity contribution >= 4 is 18.0 Å². The van der Waals surface area contributed by atoms with Crippen molar-refractivity contribution in [2.75, 3.05) is 26.2 Å². The average molecular weight is 357 g/mol. The lowest BCUT2D eigenvalue weighted by molar-refractivity contribution is -0.121. The highest BCUT2D eigenvalue weighted by Crippen LogP contribution is 2.05. The number of hydrogen-bond acceptors (Lipinski definition) is 4. The third-order valence-electron chi connectivity index (χ3n) is 3.06. The molecule has 8 nitrogen and oxygen atoms in total. The summed E-state index contributed by atoms with van der Waals surface area (Å²) in [5, 5.41) is 11.8. The molecule has 0 aliphatic heterocycles. The van der Waals surface area contributed by atoms with E-state index in [0.29, 0.717) is 38.6 Å². The van der Waals surface area contributed by atoms with Gasteiger partial charge in [-0.2, -0.15) is 0 Å². The van der Waals surface area contributed by atoms with Crippen molar-refractivity contribution in [3.8, 4) is 0 Å². The summed E-state index contributed by atoms with van der Waals surface area (Å²) in [6.07, 6.45) is 0.805. The molecule has 4 N–H and O–H groups in total. The number of hydrogen-bond donors (Lipinski definition) is 4. The second-order valence-corrected chi connectivity index (χ2v) is 6.74. The van der Waals surface area contributed by atoms with Crippen LogP contribution in [0.5, 0.6) is 0 Å². The number of carbonyl (C=O) groups excluding carboxylic acids is 2. The predicted octanol–water partition coefficient (Wildman–Crippen LogP) is 1.37. The summed E-state index contributed by atoms with van der Waals surface area (Å²) in [6.45, 7) is 13.5. The molecule has 0 saturated heterocycles. The lowest BCUT2D eigenvalue weighted by Gasteiger charge is -2.19. The molecule has 0 spiro atoms. The SMILES string of the molecule is CCNC(=NCCC(=O)NC(C)CC)NCCNC(=O)OC(C)(C)C. The molecule has 25 heavy (non-hydrogen) atoms. The Bertz CT molecular complexity index is 432. The fourth-order valence-corrected chi connectivity index (χ4v) is 1.72. The van der Waals surface area contributed by atoms with Gasteiger partial charge in [-0.25, -0.2) is 4.79 Å². The lowest BCUT2D eigenvalue weighted by Crippen LogP contribution is -2.42. The highest BCUT2D eigenvalue weighted by atomic mass is 16.6. The Labute approximate surface area is 151 Å². The third kappa shape index (κ3) is 14.1. The minimum absolute atomic E-state index is 0.000501. The van der Waals surface area contributed by atoms with Crippen LogP contribution in [0.25, 0.3) is 0 Å². The fourth-order valence-electron chi connectivity index (χ4n) is 1.72. The maximum Gasteiger partial charge on any atom is 0.407 e. The number of ether oxygens (including phenoxy) is 1. The molecule has 0 saturated carbocycles. The molecule has 0 fully saturated rings. The Hall–Kier alpha value is -1.99. The highest BCUT2D eigenvalue weighted by molar-refractivity contribution is 5.81. The molecule has 0 aliphatic rings. The zero-order valence-corrected chi connectivity index (χ0v) is 16.5. The smallest absolute Gasteiger partial charge is 0.407 e. The van der Waals surface area contributed by atoms with Gasteiger partial charge in [-0.3, -0.25) is 9.79 Å². The van der Waals surface area contributed by atoms with Crippen LogP contribution in [0.2, 0.25) is 0 Å². The van der Waals surface area contributed by atoms with Gasteiger partial charge in [0.2, 0.25) is 5.91 Å². The van der Waals surface area contributed by atoms with Gasteiger partial charge in [0.25, 0.3) is 0 Å². The van der Waals surface area contributed by atoms with E-state index < -0.39 is 11.7 Å². The molecule has 0 bridgehead atoms. The summed E-state index contributed by atoms with van der Waals surface area (Å²) in [5.74, 6) is 0.616. The van der Waals surface area contributed by atoms with Crippen LogP contribution in [0.1, 0.15) is 54.4 Å². The first-order valence-corrected chi connectivity index (χ1v) is 8.96. The molecule has 0 aromatic heterocycles. The molecular formula is C17H35N5O3. The molecule has 0 aromatic rings. The van der Waals surface area contributed by atoms with Gasteiger partial charge in [-0.15, -0.1) is 0 Å². The molecule has 1 unspecified atom stereocenters. The number of aliphatic imine (C=N–C) groups is 1. The van der Waals surface area contributed by atoms with Crippen LogP contribution >= 0.6 is 0 Å². The number of carbonyl (C=O) groups is 2. The van der Waals surface area contributed by atoms with Gasteiger partial charge >= 0.3 is 6.09 Å². The minimum Gasteiger partial charge on any atom is -0.444 e. The fraction of sp³-hybridized carbons (Fsp3) is 0.824. The summed E-state index contributed by atoms with van der Waals surface area (Å²) in [7, 11) is 0. The van der Waals surface area contributed by atoms with Gasteiger partial charge < -0.3 is 26.0 Å². The van der Waals surface area contributed by atoms with Crippen molar-refractivity contribution < 1.29 is 14.3 Å². The van der Waals surface area contributed by atoms with Crippen molar-refractivity contribution in [3.05, 3.63) is 0 Å². The van der Waals surface area contributed by atoms with Gasteiger partial charge in [-0.05, 0) is 41.0 Å². The van der Waals surface area contributed by atoms with Gasteiger partial charge in [-0.1, -0.05) is 6.92 Å².